The number of halogens is 1. The van der Waals surface area contributed by atoms with E-state index in [-0.39, 0.29) is 0 Å². The molecule has 5 rings (SSSR count). The van der Waals surface area contributed by atoms with Crippen molar-refractivity contribution >= 4 is 22.6 Å². The number of benzene rings is 3. The van der Waals surface area contributed by atoms with E-state index in [1.165, 1.54) is 11.1 Å². The Hall–Kier alpha value is -3.51. The Morgan fingerprint density at radius 2 is 1.81 bits per heavy atom. The molecular formula is C25H23ClN6. The van der Waals surface area contributed by atoms with Crippen LogP contribution in [0.2, 0.25) is 5.02 Å². The van der Waals surface area contributed by atoms with E-state index in [4.69, 9.17) is 16.6 Å². The Balaban J connectivity index is 1.47. The lowest BCUT2D eigenvalue weighted by Crippen LogP contribution is -2.05. The molecule has 0 aliphatic rings. The fourth-order valence-corrected chi connectivity index (χ4v) is 4.20. The van der Waals surface area contributed by atoms with Crippen LogP contribution in [0.1, 0.15) is 31.2 Å². The number of nitrogens with one attached hydrogen (secondary N) is 1. The van der Waals surface area contributed by atoms with E-state index in [0.717, 1.165) is 53.8 Å². The van der Waals surface area contributed by atoms with Crippen LogP contribution in [0.15, 0.2) is 66.7 Å². The number of imidazole rings is 1. The zero-order valence-electron chi connectivity index (χ0n) is 17.8. The summed E-state index contributed by atoms with van der Waals surface area (Å²) in [6.45, 7) is 3.00. The number of H-pyrrole nitrogens is 1. The summed E-state index contributed by atoms with van der Waals surface area (Å²) in [7, 11) is 0. The Morgan fingerprint density at radius 1 is 0.969 bits per heavy atom. The number of hydrogen-bond donors (Lipinski definition) is 1. The minimum Gasteiger partial charge on any atom is -0.323 e. The number of aryl methyl sites for hydroxylation is 1. The van der Waals surface area contributed by atoms with Crippen molar-refractivity contribution in [3.8, 4) is 22.5 Å². The molecule has 2 aromatic heterocycles. The first-order valence-electron chi connectivity index (χ1n) is 10.8. The van der Waals surface area contributed by atoms with E-state index < -0.39 is 0 Å². The quantitative estimate of drug-likeness (QED) is 0.339. The van der Waals surface area contributed by atoms with Gasteiger partial charge in [0, 0.05) is 23.6 Å². The van der Waals surface area contributed by atoms with E-state index in [2.05, 4.69) is 74.6 Å². The molecule has 0 spiro atoms. The second kappa shape index (κ2) is 8.93. The van der Waals surface area contributed by atoms with Gasteiger partial charge in [0.15, 0.2) is 0 Å². The Labute approximate surface area is 191 Å². The van der Waals surface area contributed by atoms with Gasteiger partial charge in [0.05, 0.1) is 11.0 Å². The van der Waals surface area contributed by atoms with Crippen molar-refractivity contribution in [2.75, 3.05) is 0 Å². The van der Waals surface area contributed by atoms with Gasteiger partial charge in [0.1, 0.15) is 5.82 Å². The summed E-state index contributed by atoms with van der Waals surface area (Å²) in [5.41, 5.74) is 6.40. The highest BCUT2D eigenvalue weighted by molar-refractivity contribution is 6.31. The second-order valence-electron chi connectivity index (χ2n) is 7.83. The highest BCUT2D eigenvalue weighted by Crippen LogP contribution is 2.32. The van der Waals surface area contributed by atoms with E-state index in [9.17, 15) is 0 Å². The molecule has 0 bridgehead atoms. The average Bonchev–Trinajstić information content (AvgIpc) is 3.47. The molecule has 0 saturated heterocycles. The summed E-state index contributed by atoms with van der Waals surface area (Å²) in [5.74, 6) is 1.67. The van der Waals surface area contributed by atoms with Gasteiger partial charge < -0.3 is 4.57 Å². The van der Waals surface area contributed by atoms with Gasteiger partial charge in [-0.05, 0) is 52.6 Å². The molecule has 7 heteroatoms. The molecule has 5 aromatic rings. The molecular weight excluding hydrogens is 420 g/mol. The lowest BCUT2D eigenvalue weighted by atomic mass is 9.98. The van der Waals surface area contributed by atoms with Crippen LogP contribution in [0.3, 0.4) is 0 Å². The number of aromatic nitrogens is 6. The van der Waals surface area contributed by atoms with Crippen LogP contribution in [0.4, 0.5) is 0 Å². The Bertz CT molecular complexity index is 1340. The van der Waals surface area contributed by atoms with Gasteiger partial charge in [-0.1, -0.05) is 67.4 Å². The van der Waals surface area contributed by atoms with Crippen molar-refractivity contribution < 1.29 is 0 Å². The molecule has 0 aliphatic heterocycles. The molecule has 0 saturated carbocycles. The van der Waals surface area contributed by atoms with E-state index in [1.54, 1.807) is 0 Å². The normalized spacial score (nSPS) is 11.3. The summed E-state index contributed by atoms with van der Waals surface area (Å²) in [4.78, 5) is 4.89. The number of fused-ring (bicyclic) bond motifs is 1. The number of para-hydroxylation sites is 2. The zero-order valence-corrected chi connectivity index (χ0v) is 18.5. The molecule has 160 valence electrons. The number of tetrazole rings is 1. The minimum absolute atomic E-state index is 0.525. The first-order valence-corrected chi connectivity index (χ1v) is 11.2. The molecule has 0 aliphatic carbocycles. The van der Waals surface area contributed by atoms with Gasteiger partial charge in [-0.15, -0.1) is 10.2 Å². The summed E-state index contributed by atoms with van der Waals surface area (Å²) in [5, 5.41) is 15.1. The average molecular weight is 443 g/mol. The number of nitrogens with zero attached hydrogens (tertiary/aromatic N) is 5. The van der Waals surface area contributed by atoms with Crippen molar-refractivity contribution in [1.29, 1.82) is 0 Å². The smallest absolute Gasteiger partial charge is 0.205 e. The van der Waals surface area contributed by atoms with Gasteiger partial charge in [0.25, 0.3) is 0 Å². The number of unbranched alkanes of at least 4 members (excludes halogenated alkanes) is 1. The van der Waals surface area contributed by atoms with E-state index in [0.29, 0.717) is 10.8 Å². The molecule has 0 radical (unpaired) electrons. The maximum Gasteiger partial charge on any atom is 0.205 e. The second-order valence-corrected chi connectivity index (χ2v) is 8.27. The molecule has 0 amide bonds. The number of hydrogen-bond acceptors (Lipinski definition) is 4. The molecule has 6 nitrogen and oxygen atoms in total. The SMILES string of the molecule is CCCCc1nc2ccccc2n1Cc1ccc(-c2ccc(Cl)cc2-c2nn[nH]n2)cc1. The first kappa shape index (κ1) is 20.4. The third kappa shape index (κ3) is 4.01. The van der Waals surface area contributed by atoms with Gasteiger partial charge >= 0.3 is 0 Å². The van der Waals surface area contributed by atoms with Crippen molar-refractivity contribution in [2.24, 2.45) is 0 Å². The monoisotopic (exact) mass is 442 g/mol. The lowest BCUT2D eigenvalue weighted by Gasteiger charge is -2.11. The summed E-state index contributed by atoms with van der Waals surface area (Å²) < 4.78 is 2.34. The molecule has 2 heterocycles. The van der Waals surface area contributed by atoms with Crippen molar-refractivity contribution in [3.63, 3.8) is 0 Å². The standard InChI is InChI=1S/C25H23ClN6/c1-2-3-8-24-27-22-6-4-5-7-23(22)32(24)16-17-9-11-18(12-10-17)20-14-13-19(26)15-21(20)25-28-30-31-29-25/h4-7,9-15H,2-3,8,16H2,1H3,(H,28,29,30,31). The van der Waals surface area contributed by atoms with Crippen molar-refractivity contribution in [3.05, 3.63) is 83.1 Å². The van der Waals surface area contributed by atoms with Crippen molar-refractivity contribution in [2.45, 2.75) is 32.7 Å². The van der Waals surface area contributed by atoms with E-state index in [1.807, 2.05) is 24.3 Å². The molecule has 0 atom stereocenters. The van der Waals surface area contributed by atoms with Crippen molar-refractivity contribution in [1.82, 2.24) is 30.2 Å². The third-order valence-electron chi connectivity index (χ3n) is 5.66. The Kier molecular flexibility index (Phi) is 5.69. The molecule has 0 fully saturated rings. The molecule has 0 unspecified atom stereocenters. The van der Waals surface area contributed by atoms with Crippen LogP contribution in [-0.4, -0.2) is 30.2 Å². The predicted octanol–water partition coefficient (Wildman–Crippen LogP) is 5.93. The molecule has 32 heavy (non-hydrogen) atoms. The molecule has 3 aromatic carbocycles. The maximum absolute atomic E-state index is 6.23. The van der Waals surface area contributed by atoms with Crippen LogP contribution >= 0.6 is 11.6 Å². The summed E-state index contributed by atoms with van der Waals surface area (Å²) >= 11 is 6.23. The number of aromatic amines is 1. The largest absolute Gasteiger partial charge is 0.323 e. The Morgan fingerprint density at radius 3 is 2.59 bits per heavy atom. The fourth-order valence-electron chi connectivity index (χ4n) is 4.03. The van der Waals surface area contributed by atoms with Gasteiger partial charge in [-0.2, -0.15) is 5.21 Å². The third-order valence-corrected chi connectivity index (χ3v) is 5.90. The van der Waals surface area contributed by atoms with Gasteiger partial charge in [-0.3, -0.25) is 0 Å². The predicted molar refractivity (Wildman–Crippen MR) is 128 cm³/mol. The van der Waals surface area contributed by atoms with Crippen LogP contribution in [-0.2, 0) is 13.0 Å². The zero-order chi connectivity index (χ0) is 21.9. The van der Waals surface area contributed by atoms with Gasteiger partial charge in [0.2, 0.25) is 5.82 Å². The van der Waals surface area contributed by atoms with Crippen LogP contribution in [0.5, 0.6) is 0 Å². The highest BCUT2D eigenvalue weighted by Gasteiger charge is 2.13. The number of rotatable bonds is 7. The fraction of sp³-hybridized carbons (Fsp3) is 0.200. The molecule has 1 N–H and O–H groups in total. The van der Waals surface area contributed by atoms with Gasteiger partial charge in [-0.25, -0.2) is 4.98 Å². The van der Waals surface area contributed by atoms with Crippen LogP contribution in [0, 0.1) is 0 Å². The summed E-state index contributed by atoms with van der Waals surface area (Å²) in [6.07, 6.45) is 3.28. The minimum atomic E-state index is 0.525. The highest BCUT2D eigenvalue weighted by atomic mass is 35.5. The lowest BCUT2D eigenvalue weighted by molar-refractivity contribution is 0.690. The maximum atomic E-state index is 6.23. The van der Waals surface area contributed by atoms with Crippen LogP contribution < -0.4 is 0 Å². The topological polar surface area (TPSA) is 72.3 Å². The van der Waals surface area contributed by atoms with E-state index >= 15 is 0 Å². The first-order chi connectivity index (χ1) is 15.7. The summed E-state index contributed by atoms with van der Waals surface area (Å²) in [6, 6.07) is 22.7. The van der Waals surface area contributed by atoms with Crippen LogP contribution in [0.25, 0.3) is 33.5 Å².